The van der Waals surface area contributed by atoms with Crippen LogP contribution in [0.2, 0.25) is 0 Å². The number of carbonyl (C=O) groups is 1. The largest absolute Gasteiger partial charge is 0.465 e. The minimum Gasteiger partial charge on any atom is -0.465 e. The highest BCUT2D eigenvalue weighted by Crippen LogP contribution is 2.62. The predicted molar refractivity (Wildman–Crippen MR) is 292 cm³/mol. The summed E-state index contributed by atoms with van der Waals surface area (Å²) < 4.78 is 220. The molecular formula is C52H48F8N2O18P4S2. The average Bonchev–Trinajstić information content (AvgIpc) is 1.33. The molecule has 0 aliphatic carbocycles. The number of alkyl halides is 8. The van der Waals surface area contributed by atoms with Crippen molar-refractivity contribution in [2.75, 3.05) is 7.11 Å². The van der Waals surface area contributed by atoms with Gasteiger partial charge in [0, 0.05) is 54.0 Å². The van der Waals surface area contributed by atoms with Gasteiger partial charge in [-0.05, 0) is 46.0 Å². The van der Waals surface area contributed by atoms with Crippen molar-refractivity contribution in [3.05, 3.63) is 226 Å². The SMILES string of the molecule is COC(=O)c1ccccc1S(=O)(=O)N(Cc1ccc(C(F)(F)P(=O)(O)O)cc1)Cc1ccc(C(F)(F)P(=O)(O)O)cc1.O=P(O)(O)C(F)(F)c1ccc(CN(Cc2ccc(C(F)(F)P(=O)(O)O)cc2)S(=O)(=O)c2ccccc2-c2ccccc2)cc1. The second-order valence-electron chi connectivity index (χ2n) is 18.5. The third kappa shape index (κ3) is 15.2. The first-order valence-corrected chi connectivity index (χ1v) is 33.4. The van der Waals surface area contributed by atoms with Gasteiger partial charge in [-0.1, -0.05) is 158 Å². The van der Waals surface area contributed by atoms with Crippen LogP contribution in [0.15, 0.2) is 186 Å². The molecule has 0 radical (unpaired) electrons. The second kappa shape index (κ2) is 25.9. The lowest BCUT2D eigenvalue weighted by Crippen LogP contribution is -2.31. The van der Waals surface area contributed by atoms with Crippen LogP contribution in [0.3, 0.4) is 0 Å². The Labute approximate surface area is 484 Å². The van der Waals surface area contributed by atoms with Crippen LogP contribution in [-0.2, 0) is 91.9 Å². The Morgan fingerprint density at radius 2 is 0.651 bits per heavy atom. The van der Waals surface area contributed by atoms with Crippen molar-refractivity contribution in [2.45, 2.75) is 58.6 Å². The third-order valence-corrected chi connectivity index (χ3v) is 20.3. The molecule has 0 atom stereocenters. The molecule has 0 aliphatic rings. The Morgan fingerprint density at radius 1 is 0.395 bits per heavy atom. The number of halogens is 8. The van der Waals surface area contributed by atoms with Crippen molar-refractivity contribution in [3.8, 4) is 11.1 Å². The molecule has 0 spiro atoms. The van der Waals surface area contributed by atoms with E-state index < -0.39 is 132 Å². The van der Waals surface area contributed by atoms with Crippen molar-refractivity contribution < 1.29 is 119 Å². The number of hydrogen-bond acceptors (Lipinski definition) is 10. The fraction of sp³-hybridized carbons (Fsp3) is 0.173. The molecule has 86 heavy (non-hydrogen) atoms. The minimum atomic E-state index is -5.88. The maximum absolute atomic E-state index is 14.2. The highest BCUT2D eigenvalue weighted by molar-refractivity contribution is 7.89. The zero-order valence-corrected chi connectivity index (χ0v) is 49.0. The summed E-state index contributed by atoms with van der Waals surface area (Å²) in [4.78, 5) is 83.6. The number of hydrogen-bond donors (Lipinski definition) is 8. The Hall–Kier alpha value is -6.13. The van der Waals surface area contributed by atoms with Crippen LogP contribution in [0.1, 0.15) is 54.9 Å². The maximum Gasteiger partial charge on any atom is 0.399 e. The molecule has 0 aromatic heterocycles. The minimum absolute atomic E-state index is 0.0593. The molecule has 0 bridgehead atoms. The molecule has 0 unspecified atom stereocenters. The lowest BCUT2D eigenvalue weighted by atomic mass is 10.1. The second-order valence-corrected chi connectivity index (χ2v) is 28.9. The van der Waals surface area contributed by atoms with Crippen LogP contribution in [0.25, 0.3) is 11.1 Å². The standard InChI is InChI=1S/C28H25F4NO8P2S.C24H23F4NO10P2S/c29-27(30,42(34,35)36)23-14-10-20(11-15-23)18-33(19-21-12-16-24(17-13-21)28(31,32)43(37,38)39)44(40,41)26-9-5-4-8-25(26)22-6-2-1-3-7-22;1-39-22(30)20-4-2-3-5-21(20)42(37,38)29(14-16-6-10-18(11-7-16)23(25,26)40(31,32)33)15-17-8-12-19(13-9-17)24(27,28)41(34,35)36/h1-17H,18-19H2,(H2,34,35,36)(H2,37,38,39);2-13H,14-15H2,1H3,(H2,31,32,33)(H2,34,35,36). The molecule has 0 saturated heterocycles. The van der Waals surface area contributed by atoms with Gasteiger partial charge in [0.1, 0.15) is 0 Å². The van der Waals surface area contributed by atoms with Crippen LogP contribution in [0.4, 0.5) is 35.1 Å². The number of benzene rings is 7. The maximum atomic E-state index is 14.2. The Bertz CT molecular complexity index is 3850. The van der Waals surface area contributed by atoms with E-state index in [9.17, 15) is 75.0 Å². The molecule has 0 fully saturated rings. The van der Waals surface area contributed by atoms with Crippen LogP contribution < -0.4 is 0 Å². The number of ether oxygens (including phenoxy) is 1. The van der Waals surface area contributed by atoms with E-state index in [-0.39, 0.29) is 32.7 Å². The highest BCUT2D eigenvalue weighted by atomic mass is 32.2. The summed E-state index contributed by atoms with van der Waals surface area (Å²) in [6.45, 7) is -1.98. The van der Waals surface area contributed by atoms with Gasteiger partial charge in [0.05, 0.1) is 22.5 Å². The zero-order valence-electron chi connectivity index (χ0n) is 43.8. The van der Waals surface area contributed by atoms with E-state index in [1.54, 1.807) is 42.5 Å². The Morgan fingerprint density at radius 3 is 0.942 bits per heavy atom. The van der Waals surface area contributed by atoms with E-state index in [4.69, 9.17) is 39.1 Å². The fourth-order valence-corrected chi connectivity index (χ4v) is 13.1. The molecule has 8 N–H and O–H groups in total. The lowest BCUT2D eigenvalue weighted by molar-refractivity contribution is 0.0564. The van der Waals surface area contributed by atoms with Gasteiger partial charge in [0.2, 0.25) is 20.0 Å². The van der Waals surface area contributed by atoms with E-state index in [0.29, 0.717) is 35.4 Å². The summed E-state index contributed by atoms with van der Waals surface area (Å²) in [6.07, 6.45) is 0. The number of carbonyl (C=O) groups excluding carboxylic acids is 1. The summed E-state index contributed by atoms with van der Waals surface area (Å²) >= 11 is 0. The fourth-order valence-electron chi connectivity index (χ4n) is 7.98. The molecule has 462 valence electrons. The first-order valence-electron chi connectivity index (χ1n) is 24.0. The van der Waals surface area contributed by atoms with Crippen LogP contribution in [0, 0.1) is 0 Å². The molecule has 7 rings (SSSR count). The number of sulfonamides is 2. The summed E-state index contributed by atoms with van der Waals surface area (Å²) in [6, 6.07) is 33.7. The normalized spacial score (nSPS) is 13.3. The molecule has 34 heteroatoms. The van der Waals surface area contributed by atoms with Gasteiger partial charge in [0.15, 0.2) is 0 Å². The Kier molecular flexibility index (Phi) is 20.8. The molecule has 20 nitrogen and oxygen atoms in total. The van der Waals surface area contributed by atoms with E-state index in [1.165, 1.54) is 30.3 Å². The van der Waals surface area contributed by atoms with E-state index in [0.717, 1.165) is 94.6 Å². The summed E-state index contributed by atoms with van der Waals surface area (Å²) in [7, 11) is -31.5. The molecule has 7 aromatic carbocycles. The smallest absolute Gasteiger partial charge is 0.399 e. The van der Waals surface area contributed by atoms with E-state index in [2.05, 4.69) is 4.74 Å². The molecule has 0 heterocycles. The molecule has 7 aromatic rings. The van der Waals surface area contributed by atoms with Crippen molar-refractivity contribution in [1.29, 1.82) is 0 Å². The number of esters is 1. The first-order chi connectivity index (χ1) is 39.6. The van der Waals surface area contributed by atoms with Gasteiger partial charge in [-0.3, -0.25) is 18.3 Å². The van der Waals surface area contributed by atoms with E-state index >= 15 is 0 Å². The van der Waals surface area contributed by atoms with Gasteiger partial charge in [-0.15, -0.1) is 0 Å². The van der Waals surface area contributed by atoms with Crippen LogP contribution in [-0.4, -0.2) is 77.7 Å². The van der Waals surface area contributed by atoms with Gasteiger partial charge < -0.3 is 43.9 Å². The highest BCUT2D eigenvalue weighted by Gasteiger charge is 2.53. The van der Waals surface area contributed by atoms with Crippen molar-refractivity contribution in [3.63, 3.8) is 0 Å². The zero-order chi connectivity index (χ0) is 64.3. The summed E-state index contributed by atoms with van der Waals surface area (Å²) in [5, 5.41) is 0. The molecule has 0 saturated carbocycles. The van der Waals surface area contributed by atoms with Crippen molar-refractivity contribution in [2.24, 2.45) is 0 Å². The quantitative estimate of drug-likeness (QED) is 0.0178. The van der Waals surface area contributed by atoms with Gasteiger partial charge in [0.25, 0.3) is 0 Å². The Balaban J connectivity index is 0.000000275. The molecule has 0 amide bonds. The number of rotatable bonds is 22. The monoisotopic (exact) mass is 1330 g/mol. The van der Waals surface area contributed by atoms with Crippen LogP contribution >= 0.6 is 30.4 Å². The third-order valence-electron chi connectivity index (χ3n) is 12.6. The number of nitrogens with zero attached hydrogens (tertiary/aromatic N) is 2. The van der Waals surface area contributed by atoms with Gasteiger partial charge in [-0.25, -0.2) is 21.6 Å². The average molecular weight is 1330 g/mol. The van der Waals surface area contributed by atoms with Crippen molar-refractivity contribution >= 4 is 56.4 Å². The predicted octanol–water partition coefficient (Wildman–Crippen LogP) is 10.5. The van der Waals surface area contributed by atoms with Gasteiger partial charge in [-0.2, -0.15) is 43.7 Å². The van der Waals surface area contributed by atoms with Gasteiger partial charge >= 0.3 is 59.0 Å². The van der Waals surface area contributed by atoms with E-state index in [1.807, 2.05) is 0 Å². The topological polar surface area (TPSA) is 331 Å². The summed E-state index contributed by atoms with van der Waals surface area (Å²) in [5.41, 5.74) is -21.1. The van der Waals surface area contributed by atoms with Crippen LogP contribution in [0.5, 0.6) is 0 Å². The molecule has 0 aliphatic heterocycles. The van der Waals surface area contributed by atoms with Crippen molar-refractivity contribution in [1.82, 2.24) is 8.61 Å². The first kappa shape index (κ1) is 69.0. The molecular weight excluding hydrogens is 1280 g/mol. The summed E-state index contributed by atoms with van der Waals surface area (Å²) in [5.74, 6) is -0.998. The lowest BCUT2D eigenvalue weighted by Gasteiger charge is -2.25. The number of methoxy groups -OCH3 is 1.